The fourth-order valence-corrected chi connectivity index (χ4v) is 0.969. The van der Waals surface area contributed by atoms with E-state index >= 15 is 0 Å². The highest BCUT2D eigenvalue weighted by Gasteiger charge is 2.00. The summed E-state index contributed by atoms with van der Waals surface area (Å²) in [5.74, 6) is 1.10. The molecule has 0 radical (unpaired) electrons. The molecule has 0 spiro atoms. The summed E-state index contributed by atoms with van der Waals surface area (Å²) in [4.78, 5) is 4.85. The van der Waals surface area contributed by atoms with Crippen molar-refractivity contribution in [1.29, 1.82) is 0 Å². The lowest BCUT2D eigenvalue weighted by molar-refractivity contribution is 0.158. The van der Waals surface area contributed by atoms with Crippen LogP contribution in [0.25, 0.3) is 0 Å². The van der Waals surface area contributed by atoms with Crippen LogP contribution in [-0.4, -0.2) is 19.6 Å². The minimum absolute atomic E-state index is 0.353. The van der Waals surface area contributed by atoms with E-state index in [1.165, 1.54) is 0 Å². The summed E-state index contributed by atoms with van der Waals surface area (Å²) in [6, 6.07) is 7.35. The third-order valence-electron chi connectivity index (χ3n) is 1.66. The average Bonchev–Trinajstić information content (AvgIpc) is 2.26. The Hall–Kier alpha value is -1.71. The second kappa shape index (κ2) is 5.11. The topological polar surface area (TPSA) is 56.8 Å². The van der Waals surface area contributed by atoms with Gasteiger partial charge in [-0.25, -0.2) is 0 Å². The number of nitrogens with zero attached hydrogens (tertiary/aromatic N) is 1. The van der Waals surface area contributed by atoms with Crippen LogP contribution in [0, 0.1) is 0 Å². The second-order valence-corrected chi connectivity index (χ2v) is 2.63. The van der Waals surface area contributed by atoms with Gasteiger partial charge in [-0.2, -0.15) is 0 Å². The molecular formula is C10H14N2O2. The number of benzene rings is 1. The van der Waals surface area contributed by atoms with E-state index in [0.717, 1.165) is 11.3 Å². The highest BCUT2D eigenvalue weighted by molar-refractivity contribution is 5.97. The molecule has 0 aliphatic carbocycles. The van der Waals surface area contributed by atoms with Crippen molar-refractivity contribution in [2.45, 2.75) is 6.92 Å². The summed E-state index contributed by atoms with van der Waals surface area (Å²) in [5.41, 5.74) is 6.46. The number of oxime groups is 1. The van der Waals surface area contributed by atoms with Crippen molar-refractivity contribution in [3.8, 4) is 5.75 Å². The Morgan fingerprint density at radius 2 is 2.29 bits per heavy atom. The van der Waals surface area contributed by atoms with E-state index in [1.54, 1.807) is 13.2 Å². The number of ether oxygens (including phenoxy) is 1. The van der Waals surface area contributed by atoms with Crippen molar-refractivity contribution in [3.05, 3.63) is 29.8 Å². The van der Waals surface area contributed by atoms with Crippen molar-refractivity contribution < 1.29 is 9.57 Å². The highest BCUT2D eigenvalue weighted by Crippen LogP contribution is 2.12. The van der Waals surface area contributed by atoms with Gasteiger partial charge in [0.1, 0.15) is 12.4 Å². The van der Waals surface area contributed by atoms with Gasteiger partial charge in [-0.05, 0) is 19.1 Å². The van der Waals surface area contributed by atoms with Gasteiger partial charge in [0.2, 0.25) is 0 Å². The second-order valence-electron chi connectivity index (χ2n) is 2.63. The van der Waals surface area contributed by atoms with Gasteiger partial charge in [0.25, 0.3) is 0 Å². The van der Waals surface area contributed by atoms with Gasteiger partial charge < -0.3 is 15.3 Å². The normalized spacial score (nSPS) is 11.1. The van der Waals surface area contributed by atoms with E-state index < -0.39 is 0 Å². The summed E-state index contributed by atoms with van der Waals surface area (Å²) in [6.07, 6.45) is 0. The summed E-state index contributed by atoms with van der Waals surface area (Å²) < 4.78 is 5.06. The molecule has 14 heavy (non-hydrogen) atoms. The van der Waals surface area contributed by atoms with E-state index in [0.29, 0.717) is 12.4 Å². The Morgan fingerprint density at radius 3 is 2.93 bits per heavy atom. The first kappa shape index (κ1) is 10.4. The minimum atomic E-state index is 0.353. The number of hydrogen-bond donors (Lipinski definition) is 1. The first-order valence-electron chi connectivity index (χ1n) is 4.37. The summed E-state index contributed by atoms with van der Waals surface area (Å²) >= 11 is 0. The molecule has 4 heteroatoms. The molecule has 76 valence electrons. The number of rotatable bonds is 4. The number of hydrogen-bond acceptors (Lipinski definition) is 3. The lowest BCUT2D eigenvalue weighted by atomic mass is 10.2. The summed E-state index contributed by atoms with van der Waals surface area (Å²) in [5, 5.41) is 3.73. The molecule has 1 aromatic carbocycles. The Bertz CT molecular complexity index is 324. The monoisotopic (exact) mass is 194 g/mol. The van der Waals surface area contributed by atoms with Crippen molar-refractivity contribution in [2.75, 3.05) is 13.7 Å². The molecule has 0 unspecified atom stereocenters. The molecular weight excluding hydrogens is 180 g/mol. The smallest absolute Gasteiger partial charge is 0.170 e. The van der Waals surface area contributed by atoms with Crippen LogP contribution in [-0.2, 0) is 4.84 Å². The quantitative estimate of drug-likeness (QED) is 0.447. The van der Waals surface area contributed by atoms with Crippen LogP contribution in [0.3, 0.4) is 0 Å². The van der Waals surface area contributed by atoms with Gasteiger partial charge in [-0.1, -0.05) is 17.3 Å². The van der Waals surface area contributed by atoms with Crippen molar-refractivity contribution in [1.82, 2.24) is 0 Å². The zero-order chi connectivity index (χ0) is 10.4. The van der Waals surface area contributed by atoms with Gasteiger partial charge in [0.05, 0.1) is 7.11 Å². The van der Waals surface area contributed by atoms with E-state index in [9.17, 15) is 0 Å². The maximum atomic E-state index is 5.67. The number of nitrogens with two attached hydrogens (primary N) is 1. The first-order valence-corrected chi connectivity index (χ1v) is 4.37. The van der Waals surface area contributed by atoms with Gasteiger partial charge in [-0.3, -0.25) is 0 Å². The highest BCUT2D eigenvalue weighted by atomic mass is 16.6. The molecule has 0 fully saturated rings. The molecule has 0 amide bonds. The fourth-order valence-electron chi connectivity index (χ4n) is 0.969. The largest absolute Gasteiger partial charge is 0.497 e. The Kier molecular flexibility index (Phi) is 3.79. The van der Waals surface area contributed by atoms with E-state index in [1.807, 2.05) is 25.1 Å². The summed E-state index contributed by atoms with van der Waals surface area (Å²) in [7, 11) is 1.61. The van der Waals surface area contributed by atoms with E-state index in [4.69, 9.17) is 15.3 Å². The lowest BCUT2D eigenvalue weighted by Crippen LogP contribution is -2.13. The SMILES string of the molecule is CCO/N=C(\N)c1cccc(OC)c1. The van der Waals surface area contributed by atoms with Crippen molar-refractivity contribution >= 4 is 5.84 Å². The van der Waals surface area contributed by atoms with Crippen LogP contribution in [0.1, 0.15) is 12.5 Å². The van der Waals surface area contributed by atoms with Gasteiger partial charge in [-0.15, -0.1) is 0 Å². The molecule has 4 nitrogen and oxygen atoms in total. The van der Waals surface area contributed by atoms with Crippen LogP contribution in [0.15, 0.2) is 29.4 Å². The first-order chi connectivity index (χ1) is 6.77. The van der Waals surface area contributed by atoms with E-state index in [2.05, 4.69) is 5.16 Å². The van der Waals surface area contributed by atoms with Gasteiger partial charge in [0.15, 0.2) is 5.84 Å². The molecule has 0 atom stereocenters. The van der Waals surface area contributed by atoms with Crippen LogP contribution < -0.4 is 10.5 Å². The van der Waals surface area contributed by atoms with Gasteiger partial charge in [0, 0.05) is 5.56 Å². The average molecular weight is 194 g/mol. The van der Waals surface area contributed by atoms with Crippen molar-refractivity contribution in [2.24, 2.45) is 10.9 Å². The summed E-state index contributed by atoms with van der Waals surface area (Å²) in [6.45, 7) is 2.35. The van der Waals surface area contributed by atoms with Gasteiger partial charge >= 0.3 is 0 Å². The third-order valence-corrected chi connectivity index (χ3v) is 1.66. The predicted octanol–water partition coefficient (Wildman–Crippen LogP) is 1.35. The third kappa shape index (κ3) is 2.65. The molecule has 0 bridgehead atoms. The molecule has 2 N–H and O–H groups in total. The fraction of sp³-hybridized carbons (Fsp3) is 0.300. The molecule has 1 aromatic rings. The standard InChI is InChI=1S/C10H14N2O2/c1-3-14-12-10(11)8-5-4-6-9(7-8)13-2/h4-7H,3H2,1-2H3,(H2,11,12). The minimum Gasteiger partial charge on any atom is -0.497 e. The van der Waals surface area contributed by atoms with E-state index in [-0.39, 0.29) is 0 Å². The maximum Gasteiger partial charge on any atom is 0.170 e. The van der Waals surface area contributed by atoms with Crippen LogP contribution in [0.2, 0.25) is 0 Å². The molecule has 0 aliphatic heterocycles. The zero-order valence-corrected chi connectivity index (χ0v) is 8.36. The van der Waals surface area contributed by atoms with Crippen LogP contribution in [0.4, 0.5) is 0 Å². The van der Waals surface area contributed by atoms with Crippen LogP contribution in [0.5, 0.6) is 5.75 Å². The Balaban J connectivity index is 2.84. The molecule has 0 heterocycles. The molecule has 0 aromatic heterocycles. The molecule has 1 rings (SSSR count). The zero-order valence-electron chi connectivity index (χ0n) is 8.36. The molecule has 0 saturated heterocycles. The lowest BCUT2D eigenvalue weighted by Gasteiger charge is -2.03. The Labute approximate surface area is 83.3 Å². The maximum absolute atomic E-state index is 5.67. The molecule has 0 saturated carbocycles. The number of methoxy groups -OCH3 is 1. The predicted molar refractivity (Wildman–Crippen MR) is 55.3 cm³/mol. The Morgan fingerprint density at radius 1 is 1.50 bits per heavy atom. The van der Waals surface area contributed by atoms with Crippen molar-refractivity contribution in [3.63, 3.8) is 0 Å². The van der Waals surface area contributed by atoms with Crippen LogP contribution >= 0.6 is 0 Å². The molecule has 0 aliphatic rings. The number of amidine groups is 1.